The van der Waals surface area contributed by atoms with E-state index >= 15 is 0 Å². The highest BCUT2D eigenvalue weighted by atomic mass is 79.9. The molecule has 0 aliphatic carbocycles. The van der Waals surface area contributed by atoms with Crippen molar-refractivity contribution in [3.8, 4) is 0 Å². The minimum Gasteiger partial charge on any atom is -0.327 e. The maximum Gasteiger partial charge on any atom is 0.253 e. The molecular formula is C20H19BrN4O2. The number of carbonyl (C=O) groups excluding carboxylic acids is 2. The number of fused-ring (bicyclic) bond motifs is 1. The van der Waals surface area contributed by atoms with Gasteiger partial charge in [-0.3, -0.25) is 14.0 Å². The van der Waals surface area contributed by atoms with Crippen LogP contribution in [0.3, 0.4) is 0 Å². The third kappa shape index (κ3) is 3.60. The van der Waals surface area contributed by atoms with Crippen molar-refractivity contribution < 1.29 is 9.59 Å². The predicted molar refractivity (Wildman–Crippen MR) is 106 cm³/mol. The number of nitrogens with zero attached hydrogens (tertiary/aromatic N) is 3. The molecule has 0 bridgehead atoms. The number of hydrogen-bond acceptors (Lipinski definition) is 3. The Kier molecular flexibility index (Phi) is 4.94. The molecule has 0 radical (unpaired) electrons. The van der Waals surface area contributed by atoms with Crippen LogP contribution in [0.2, 0.25) is 0 Å². The molecule has 0 spiro atoms. The first-order valence-corrected chi connectivity index (χ1v) is 9.72. The number of anilines is 1. The number of benzene rings is 1. The van der Waals surface area contributed by atoms with Crippen LogP contribution in [-0.4, -0.2) is 32.6 Å². The van der Waals surface area contributed by atoms with Gasteiger partial charge < -0.3 is 10.2 Å². The molecule has 0 saturated carbocycles. The zero-order chi connectivity index (χ0) is 18.8. The number of pyridine rings is 1. The van der Waals surface area contributed by atoms with Crippen LogP contribution in [0.5, 0.6) is 0 Å². The van der Waals surface area contributed by atoms with Crippen molar-refractivity contribution in [2.75, 3.05) is 11.9 Å². The predicted octanol–water partition coefficient (Wildman–Crippen LogP) is 3.79. The smallest absolute Gasteiger partial charge is 0.253 e. The van der Waals surface area contributed by atoms with Gasteiger partial charge >= 0.3 is 0 Å². The Morgan fingerprint density at radius 1 is 1.11 bits per heavy atom. The van der Waals surface area contributed by atoms with Crippen molar-refractivity contribution in [2.24, 2.45) is 0 Å². The number of likely N-dealkylation sites (tertiary alicyclic amines) is 1. The third-order valence-electron chi connectivity index (χ3n) is 4.73. The molecule has 3 aromatic rings. The van der Waals surface area contributed by atoms with Crippen LogP contribution < -0.4 is 5.32 Å². The maximum absolute atomic E-state index is 13.2. The second-order valence-electron chi connectivity index (χ2n) is 6.55. The summed E-state index contributed by atoms with van der Waals surface area (Å²) in [7, 11) is 0. The lowest BCUT2D eigenvalue weighted by molar-refractivity contribution is -0.141. The fourth-order valence-corrected chi connectivity index (χ4v) is 3.88. The zero-order valence-electron chi connectivity index (χ0n) is 14.6. The van der Waals surface area contributed by atoms with Crippen LogP contribution in [0.25, 0.3) is 5.65 Å². The summed E-state index contributed by atoms with van der Waals surface area (Å²) in [5.74, 6) is 0.219. The minimum atomic E-state index is -0.660. The lowest BCUT2D eigenvalue weighted by Crippen LogP contribution is -2.43. The van der Waals surface area contributed by atoms with Crippen LogP contribution in [0, 0.1) is 0 Å². The highest BCUT2D eigenvalue weighted by molar-refractivity contribution is 9.10. The largest absolute Gasteiger partial charge is 0.327 e. The number of amides is 2. The molecular weight excluding hydrogens is 408 g/mol. The van der Waals surface area contributed by atoms with Gasteiger partial charge in [0.25, 0.3) is 5.91 Å². The summed E-state index contributed by atoms with van der Waals surface area (Å²) in [4.78, 5) is 31.8. The van der Waals surface area contributed by atoms with E-state index in [0.29, 0.717) is 18.8 Å². The normalized spacial score (nSPS) is 15.7. The van der Waals surface area contributed by atoms with Gasteiger partial charge in [-0.1, -0.05) is 36.4 Å². The molecule has 6 nitrogen and oxygen atoms in total. The molecule has 1 atom stereocenters. The molecule has 1 aliphatic rings. The maximum atomic E-state index is 13.2. The lowest BCUT2D eigenvalue weighted by Gasteiger charge is -2.33. The summed E-state index contributed by atoms with van der Waals surface area (Å²) >= 11 is 3.47. The molecule has 2 amide bonds. The molecule has 1 unspecified atom stereocenters. The van der Waals surface area contributed by atoms with E-state index in [4.69, 9.17) is 0 Å². The van der Waals surface area contributed by atoms with E-state index in [0.717, 1.165) is 28.7 Å². The van der Waals surface area contributed by atoms with E-state index in [-0.39, 0.29) is 11.8 Å². The molecule has 138 valence electrons. The summed E-state index contributed by atoms with van der Waals surface area (Å²) < 4.78 is 2.69. The van der Waals surface area contributed by atoms with Gasteiger partial charge in [0.1, 0.15) is 11.7 Å². The van der Waals surface area contributed by atoms with Gasteiger partial charge in [-0.05, 0) is 46.5 Å². The second kappa shape index (κ2) is 7.52. The zero-order valence-corrected chi connectivity index (χ0v) is 16.2. The van der Waals surface area contributed by atoms with Gasteiger partial charge in [0.15, 0.2) is 5.82 Å². The standard InChI is InChI=1S/C20H19BrN4O2/c21-15-9-6-10-17-22-16(13-25(15)17)23-20(27)19(14-7-2-1-3-8-14)24-12-5-4-11-18(24)26/h1-3,6-10,13,19H,4-5,11-12H2,(H,23,27). The van der Waals surface area contributed by atoms with Gasteiger partial charge in [0.05, 0.1) is 10.8 Å². The number of imidazole rings is 1. The Morgan fingerprint density at radius 2 is 1.93 bits per heavy atom. The van der Waals surface area contributed by atoms with Gasteiger partial charge in [-0.2, -0.15) is 0 Å². The monoisotopic (exact) mass is 426 g/mol. The topological polar surface area (TPSA) is 66.7 Å². The summed E-state index contributed by atoms with van der Waals surface area (Å²) in [6.45, 7) is 0.586. The van der Waals surface area contributed by atoms with Crippen molar-refractivity contribution in [3.05, 3.63) is 64.9 Å². The van der Waals surface area contributed by atoms with Gasteiger partial charge in [-0.25, -0.2) is 4.98 Å². The number of carbonyl (C=O) groups is 2. The number of aromatic nitrogens is 2. The molecule has 3 heterocycles. The summed E-state index contributed by atoms with van der Waals surface area (Å²) in [6, 6.07) is 14.4. The van der Waals surface area contributed by atoms with E-state index in [1.54, 1.807) is 11.1 Å². The Labute approximate surface area is 165 Å². The van der Waals surface area contributed by atoms with Crippen molar-refractivity contribution in [1.82, 2.24) is 14.3 Å². The number of piperidine rings is 1. The van der Waals surface area contributed by atoms with Gasteiger partial charge in [-0.15, -0.1) is 0 Å². The fourth-order valence-electron chi connectivity index (χ4n) is 3.44. The molecule has 1 N–H and O–H groups in total. The molecule has 1 aromatic carbocycles. The Balaban J connectivity index is 1.65. The van der Waals surface area contributed by atoms with E-state index < -0.39 is 6.04 Å². The van der Waals surface area contributed by atoms with Crippen LogP contribution in [-0.2, 0) is 9.59 Å². The van der Waals surface area contributed by atoms with Gasteiger partial charge in [0, 0.05) is 13.0 Å². The lowest BCUT2D eigenvalue weighted by atomic mass is 10.0. The number of halogens is 1. The van der Waals surface area contributed by atoms with Crippen molar-refractivity contribution >= 4 is 39.2 Å². The summed E-state index contributed by atoms with van der Waals surface area (Å²) in [5, 5.41) is 2.89. The minimum absolute atomic E-state index is 0.0167. The highest BCUT2D eigenvalue weighted by Gasteiger charge is 2.33. The summed E-state index contributed by atoms with van der Waals surface area (Å²) in [6.07, 6.45) is 4.03. The highest BCUT2D eigenvalue weighted by Crippen LogP contribution is 2.27. The van der Waals surface area contributed by atoms with Crippen molar-refractivity contribution in [3.63, 3.8) is 0 Å². The van der Waals surface area contributed by atoms with Crippen LogP contribution in [0.15, 0.2) is 59.3 Å². The van der Waals surface area contributed by atoms with E-state index in [9.17, 15) is 9.59 Å². The molecule has 1 aliphatic heterocycles. The first-order valence-electron chi connectivity index (χ1n) is 8.92. The quantitative estimate of drug-likeness (QED) is 0.645. The summed E-state index contributed by atoms with van der Waals surface area (Å²) in [5.41, 5.74) is 1.53. The van der Waals surface area contributed by atoms with Crippen LogP contribution in [0.4, 0.5) is 5.82 Å². The Hall–Kier alpha value is -2.67. The van der Waals surface area contributed by atoms with E-state index in [2.05, 4.69) is 26.2 Å². The van der Waals surface area contributed by atoms with Gasteiger partial charge in [0.2, 0.25) is 5.91 Å². The average Bonchev–Trinajstić information content (AvgIpc) is 3.08. The SMILES string of the molecule is O=C(Nc1cn2c(Br)cccc2n1)C(c1ccccc1)N1CCCCC1=O. The van der Waals surface area contributed by atoms with Crippen LogP contribution in [0.1, 0.15) is 30.9 Å². The molecule has 27 heavy (non-hydrogen) atoms. The molecule has 4 rings (SSSR count). The Morgan fingerprint density at radius 3 is 2.67 bits per heavy atom. The average molecular weight is 427 g/mol. The fraction of sp³-hybridized carbons (Fsp3) is 0.250. The number of rotatable bonds is 4. The van der Waals surface area contributed by atoms with E-state index in [1.165, 1.54) is 0 Å². The molecule has 1 fully saturated rings. The Bertz CT molecular complexity index is 986. The third-order valence-corrected chi connectivity index (χ3v) is 5.38. The molecule has 2 aromatic heterocycles. The first-order chi connectivity index (χ1) is 13.1. The molecule has 7 heteroatoms. The first kappa shape index (κ1) is 17.7. The van der Waals surface area contributed by atoms with E-state index in [1.807, 2.05) is 52.9 Å². The van der Waals surface area contributed by atoms with Crippen molar-refractivity contribution in [2.45, 2.75) is 25.3 Å². The molecule has 1 saturated heterocycles. The number of hydrogen-bond donors (Lipinski definition) is 1. The van der Waals surface area contributed by atoms with Crippen LogP contribution >= 0.6 is 15.9 Å². The van der Waals surface area contributed by atoms with Crippen molar-refractivity contribution in [1.29, 1.82) is 0 Å². The second-order valence-corrected chi connectivity index (χ2v) is 7.36. The number of nitrogens with one attached hydrogen (secondary N) is 1.